The van der Waals surface area contributed by atoms with E-state index in [1.807, 2.05) is 0 Å². The number of hydrogen-bond acceptors (Lipinski definition) is 3. The van der Waals surface area contributed by atoms with Gasteiger partial charge in [0.2, 0.25) is 0 Å². The van der Waals surface area contributed by atoms with Gasteiger partial charge in [-0.1, -0.05) is 39.2 Å². The molecule has 0 saturated heterocycles. The van der Waals surface area contributed by atoms with E-state index in [1.54, 1.807) is 7.11 Å². The van der Waals surface area contributed by atoms with Crippen LogP contribution in [0.1, 0.15) is 57.1 Å². The topological polar surface area (TPSA) is 21.3 Å². The lowest BCUT2D eigenvalue weighted by Crippen LogP contribution is -2.21. The quantitative estimate of drug-likeness (QED) is 0.785. The second-order valence-electron chi connectivity index (χ2n) is 6.25. The van der Waals surface area contributed by atoms with E-state index in [-0.39, 0.29) is 0 Å². The van der Waals surface area contributed by atoms with Crippen LogP contribution in [0.15, 0.2) is 18.2 Å². The fourth-order valence-corrected chi connectivity index (χ4v) is 4.12. The minimum Gasteiger partial charge on any atom is -0.496 e. The van der Waals surface area contributed by atoms with Crippen molar-refractivity contribution >= 4 is 11.8 Å². The highest BCUT2D eigenvalue weighted by Gasteiger charge is 2.15. The Morgan fingerprint density at radius 1 is 1.24 bits per heavy atom. The van der Waals surface area contributed by atoms with Gasteiger partial charge in [0.05, 0.1) is 7.11 Å². The van der Waals surface area contributed by atoms with Crippen molar-refractivity contribution < 1.29 is 4.74 Å². The summed E-state index contributed by atoms with van der Waals surface area (Å²) in [5.41, 5.74) is 2.69. The molecule has 21 heavy (non-hydrogen) atoms. The number of methoxy groups -OCH3 is 1. The van der Waals surface area contributed by atoms with Crippen molar-refractivity contribution in [1.29, 1.82) is 0 Å². The number of rotatable bonds is 7. The number of ether oxygens (including phenoxy) is 1. The van der Waals surface area contributed by atoms with Gasteiger partial charge in [-0.25, -0.2) is 0 Å². The summed E-state index contributed by atoms with van der Waals surface area (Å²) < 4.78 is 5.53. The molecule has 0 aromatic heterocycles. The zero-order chi connectivity index (χ0) is 15.1. The molecule has 3 heteroatoms. The van der Waals surface area contributed by atoms with E-state index in [9.17, 15) is 0 Å². The van der Waals surface area contributed by atoms with Crippen molar-refractivity contribution in [3.63, 3.8) is 0 Å². The van der Waals surface area contributed by atoms with Gasteiger partial charge in [-0.3, -0.25) is 0 Å². The van der Waals surface area contributed by atoms with E-state index < -0.39 is 0 Å². The van der Waals surface area contributed by atoms with Crippen LogP contribution in [-0.4, -0.2) is 18.4 Å². The normalized spacial score (nSPS) is 16.4. The summed E-state index contributed by atoms with van der Waals surface area (Å²) >= 11 is 2.11. The van der Waals surface area contributed by atoms with Crippen LogP contribution in [0.25, 0.3) is 0 Å². The zero-order valence-corrected chi connectivity index (χ0v) is 14.5. The highest BCUT2D eigenvalue weighted by atomic mass is 32.2. The molecule has 2 rings (SSSR count). The Kier molecular flexibility index (Phi) is 6.91. The smallest absolute Gasteiger partial charge is 0.122 e. The molecular formula is C18H29NOS. The maximum Gasteiger partial charge on any atom is 0.122 e. The summed E-state index contributed by atoms with van der Waals surface area (Å²) in [5, 5.41) is 4.33. The third kappa shape index (κ3) is 5.55. The fourth-order valence-electron chi connectivity index (χ4n) is 2.82. The largest absolute Gasteiger partial charge is 0.496 e. The molecule has 0 heterocycles. The highest BCUT2D eigenvalue weighted by molar-refractivity contribution is 7.99. The molecule has 0 amide bonds. The Morgan fingerprint density at radius 2 is 2.00 bits per heavy atom. The lowest BCUT2D eigenvalue weighted by molar-refractivity contribution is 0.411. The molecule has 0 spiro atoms. The van der Waals surface area contributed by atoms with Gasteiger partial charge in [-0.2, -0.15) is 11.8 Å². The van der Waals surface area contributed by atoms with Crippen molar-refractivity contribution in [2.75, 3.05) is 7.11 Å². The molecule has 118 valence electrons. The fraction of sp³-hybridized carbons (Fsp3) is 0.667. The average molecular weight is 308 g/mol. The van der Waals surface area contributed by atoms with Crippen LogP contribution in [-0.2, 0) is 12.3 Å². The molecule has 0 bridgehead atoms. The van der Waals surface area contributed by atoms with Gasteiger partial charge in [0.1, 0.15) is 5.75 Å². The van der Waals surface area contributed by atoms with Gasteiger partial charge in [-0.05, 0) is 30.5 Å². The summed E-state index contributed by atoms with van der Waals surface area (Å²) in [6.45, 7) is 5.30. The Morgan fingerprint density at radius 3 is 2.67 bits per heavy atom. The van der Waals surface area contributed by atoms with Crippen LogP contribution in [0.4, 0.5) is 0 Å². The van der Waals surface area contributed by atoms with Gasteiger partial charge in [0.15, 0.2) is 0 Å². The van der Waals surface area contributed by atoms with Gasteiger partial charge in [0, 0.05) is 29.2 Å². The van der Waals surface area contributed by atoms with Crippen LogP contribution in [0.5, 0.6) is 5.75 Å². The van der Waals surface area contributed by atoms with E-state index in [0.29, 0.717) is 6.04 Å². The van der Waals surface area contributed by atoms with Crippen LogP contribution < -0.4 is 10.1 Å². The molecule has 2 nitrogen and oxygen atoms in total. The van der Waals surface area contributed by atoms with Crippen molar-refractivity contribution in [2.24, 2.45) is 0 Å². The van der Waals surface area contributed by atoms with E-state index >= 15 is 0 Å². The standard InChI is InChI=1S/C18H29NOS/c1-14(2)19-12-15-9-10-18(20-3)16(11-15)13-21-17-7-5-4-6-8-17/h9-11,14,17,19H,4-8,12-13H2,1-3H3. The molecule has 0 atom stereocenters. The van der Waals surface area contributed by atoms with Crippen LogP contribution in [0.2, 0.25) is 0 Å². The van der Waals surface area contributed by atoms with E-state index in [1.165, 1.54) is 43.2 Å². The minimum atomic E-state index is 0.521. The van der Waals surface area contributed by atoms with Crippen LogP contribution >= 0.6 is 11.8 Å². The molecular weight excluding hydrogens is 278 g/mol. The van der Waals surface area contributed by atoms with Crippen molar-refractivity contribution in [1.82, 2.24) is 5.32 Å². The van der Waals surface area contributed by atoms with Crippen LogP contribution in [0, 0.1) is 0 Å². The second-order valence-corrected chi connectivity index (χ2v) is 7.54. The average Bonchev–Trinajstić information content (AvgIpc) is 2.52. The minimum absolute atomic E-state index is 0.521. The van der Waals surface area contributed by atoms with Gasteiger partial charge >= 0.3 is 0 Å². The monoisotopic (exact) mass is 307 g/mol. The molecule has 0 aliphatic heterocycles. The highest BCUT2D eigenvalue weighted by Crippen LogP contribution is 2.33. The summed E-state index contributed by atoms with van der Waals surface area (Å²) in [6.07, 6.45) is 7.03. The third-order valence-electron chi connectivity index (χ3n) is 4.09. The number of nitrogens with one attached hydrogen (secondary N) is 1. The summed E-state index contributed by atoms with van der Waals surface area (Å²) in [7, 11) is 1.77. The molecule has 1 fully saturated rings. The first-order valence-corrected chi connectivity index (χ1v) is 9.24. The first-order chi connectivity index (χ1) is 10.2. The number of hydrogen-bond donors (Lipinski definition) is 1. The van der Waals surface area contributed by atoms with Gasteiger partial charge < -0.3 is 10.1 Å². The van der Waals surface area contributed by atoms with Crippen LogP contribution in [0.3, 0.4) is 0 Å². The van der Waals surface area contributed by atoms with E-state index in [2.05, 4.69) is 49.1 Å². The summed E-state index contributed by atoms with van der Waals surface area (Å²) in [4.78, 5) is 0. The first-order valence-electron chi connectivity index (χ1n) is 8.20. The van der Waals surface area contributed by atoms with Crippen molar-refractivity contribution in [3.05, 3.63) is 29.3 Å². The lowest BCUT2D eigenvalue weighted by Gasteiger charge is -2.21. The third-order valence-corrected chi connectivity index (χ3v) is 5.51. The molecule has 1 saturated carbocycles. The molecule has 1 aliphatic carbocycles. The molecule has 0 unspecified atom stereocenters. The molecule has 0 radical (unpaired) electrons. The SMILES string of the molecule is COc1ccc(CNC(C)C)cc1CSC1CCCCC1. The van der Waals surface area contributed by atoms with E-state index in [4.69, 9.17) is 4.74 Å². The zero-order valence-electron chi connectivity index (χ0n) is 13.7. The Balaban J connectivity index is 1.96. The van der Waals surface area contributed by atoms with Gasteiger partial charge in [-0.15, -0.1) is 0 Å². The summed E-state index contributed by atoms with van der Waals surface area (Å²) in [5.74, 6) is 2.11. The van der Waals surface area contributed by atoms with E-state index in [0.717, 1.165) is 23.3 Å². The molecule has 1 aromatic carbocycles. The number of benzene rings is 1. The molecule has 1 aromatic rings. The lowest BCUT2D eigenvalue weighted by atomic mass is 10.0. The van der Waals surface area contributed by atoms with Crippen molar-refractivity contribution in [2.45, 2.75) is 69.5 Å². The predicted octanol–water partition coefficient (Wildman–Crippen LogP) is 4.76. The number of thioether (sulfide) groups is 1. The maximum atomic E-state index is 5.53. The molecule has 1 N–H and O–H groups in total. The van der Waals surface area contributed by atoms with Crippen molar-refractivity contribution in [3.8, 4) is 5.75 Å². The Bertz CT molecular complexity index is 427. The summed E-state index contributed by atoms with van der Waals surface area (Å²) in [6, 6.07) is 7.12. The predicted molar refractivity (Wildman–Crippen MR) is 93.1 cm³/mol. The Hall–Kier alpha value is -0.670. The second kappa shape index (κ2) is 8.70. The van der Waals surface area contributed by atoms with Gasteiger partial charge in [0.25, 0.3) is 0 Å². The Labute approximate surface area is 134 Å². The first kappa shape index (κ1) is 16.7. The molecule has 1 aliphatic rings. The maximum absolute atomic E-state index is 5.53.